The predicted octanol–water partition coefficient (Wildman–Crippen LogP) is 3.83. The van der Waals surface area contributed by atoms with Crippen LogP contribution in [0.3, 0.4) is 0 Å². The molecule has 0 aliphatic rings. The number of sulfonamides is 1. The van der Waals surface area contributed by atoms with Crippen LogP contribution in [0.5, 0.6) is 0 Å². The van der Waals surface area contributed by atoms with E-state index in [4.69, 9.17) is 47.0 Å². The monoisotopic (exact) mass is 409 g/mol. The molecule has 0 fully saturated rings. The molecule has 0 heterocycles. The number of thiocarbonyl (C=S) groups is 1. The van der Waals surface area contributed by atoms with Crippen LogP contribution in [0.2, 0.25) is 15.1 Å². The summed E-state index contributed by atoms with van der Waals surface area (Å²) in [5.41, 5.74) is 2.83. The van der Waals surface area contributed by atoms with Crippen molar-refractivity contribution in [1.82, 2.24) is 10.3 Å². The quantitative estimate of drug-likeness (QED) is 0.528. The highest BCUT2D eigenvalue weighted by Crippen LogP contribution is 2.25. The Morgan fingerprint density at radius 3 is 2.22 bits per heavy atom. The minimum Gasteiger partial charge on any atom is -0.330 e. The van der Waals surface area contributed by atoms with E-state index in [0.29, 0.717) is 20.8 Å². The predicted molar refractivity (Wildman–Crippen MR) is 97.6 cm³/mol. The Labute approximate surface area is 154 Å². The molecule has 0 radical (unpaired) electrons. The summed E-state index contributed by atoms with van der Waals surface area (Å²) in [7, 11) is -3.79. The molecule has 0 saturated carbocycles. The molecule has 3 N–H and O–H groups in total. The number of halogens is 3. The van der Waals surface area contributed by atoms with Crippen molar-refractivity contribution < 1.29 is 8.42 Å². The van der Waals surface area contributed by atoms with E-state index in [-0.39, 0.29) is 10.0 Å². The third-order valence-electron chi connectivity index (χ3n) is 2.60. The second-order valence-corrected chi connectivity index (χ2v) is 7.63. The Bertz CT molecular complexity index is 827. The van der Waals surface area contributed by atoms with Gasteiger partial charge in [0.25, 0.3) is 10.0 Å². The third-order valence-corrected chi connectivity index (χ3v) is 4.88. The van der Waals surface area contributed by atoms with Gasteiger partial charge in [-0.05, 0) is 54.7 Å². The molecule has 0 saturated heterocycles. The standard InChI is InChI=1S/C13H10Cl3N3O2S2/c14-8-1-4-10(5-2-8)23(20,21)19-18-13(22)17-12-7-9(15)3-6-11(12)16/h1-7,19H,(H2,17,18,22). The Morgan fingerprint density at radius 2 is 1.57 bits per heavy atom. The number of hydrogen-bond acceptors (Lipinski definition) is 3. The van der Waals surface area contributed by atoms with Gasteiger partial charge in [-0.15, -0.1) is 4.83 Å². The van der Waals surface area contributed by atoms with Crippen molar-refractivity contribution in [2.24, 2.45) is 0 Å². The van der Waals surface area contributed by atoms with Crippen LogP contribution < -0.4 is 15.6 Å². The lowest BCUT2D eigenvalue weighted by molar-refractivity contribution is 0.578. The van der Waals surface area contributed by atoms with Crippen LogP contribution in [0.1, 0.15) is 0 Å². The van der Waals surface area contributed by atoms with E-state index in [1.807, 2.05) is 0 Å². The molecule has 2 rings (SSSR count). The SMILES string of the molecule is O=S(=O)(NNC(=S)Nc1cc(Cl)ccc1Cl)c1ccc(Cl)cc1. The largest absolute Gasteiger partial charge is 0.330 e. The summed E-state index contributed by atoms with van der Waals surface area (Å²) in [6, 6.07) is 10.5. The van der Waals surface area contributed by atoms with E-state index < -0.39 is 10.0 Å². The molecule has 23 heavy (non-hydrogen) atoms. The molecule has 0 aliphatic heterocycles. The number of hydrogen-bond donors (Lipinski definition) is 3. The van der Waals surface area contributed by atoms with Crippen LogP contribution in [0.25, 0.3) is 0 Å². The molecule has 0 aromatic heterocycles. The van der Waals surface area contributed by atoms with Crippen LogP contribution >= 0.6 is 47.0 Å². The maximum Gasteiger partial charge on any atom is 0.257 e. The molecule has 0 amide bonds. The van der Waals surface area contributed by atoms with Crippen molar-refractivity contribution in [2.75, 3.05) is 5.32 Å². The van der Waals surface area contributed by atoms with E-state index in [2.05, 4.69) is 15.6 Å². The zero-order chi connectivity index (χ0) is 17.0. The van der Waals surface area contributed by atoms with Gasteiger partial charge >= 0.3 is 0 Å². The lowest BCUT2D eigenvalue weighted by Crippen LogP contribution is -2.43. The van der Waals surface area contributed by atoms with Crippen molar-refractivity contribution in [2.45, 2.75) is 4.90 Å². The Morgan fingerprint density at radius 1 is 0.957 bits per heavy atom. The highest BCUT2D eigenvalue weighted by Gasteiger charge is 2.14. The molecule has 2 aromatic carbocycles. The van der Waals surface area contributed by atoms with Gasteiger partial charge in [-0.2, -0.15) is 0 Å². The second kappa shape index (κ2) is 7.65. The van der Waals surface area contributed by atoms with Gasteiger partial charge < -0.3 is 5.32 Å². The summed E-state index contributed by atoms with van der Waals surface area (Å²) < 4.78 is 24.1. The lowest BCUT2D eigenvalue weighted by atomic mass is 10.3. The smallest absolute Gasteiger partial charge is 0.257 e. The van der Waals surface area contributed by atoms with Crippen LogP contribution in [-0.4, -0.2) is 13.5 Å². The van der Waals surface area contributed by atoms with Crippen molar-refractivity contribution in [3.05, 3.63) is 57.5 Å². The van der Waals surface area contributed by atoms with Crippen LogP contribution in [-0.2, 0) is 10.0 Å². The fraction of sp³-hybridized carbons (Fsp3) is 0. The van der Waals surface area contributed by atoms with Crippen LogP contribution in [0.4, 0.5) is 5.69 Å². The zero-order valence-electron chi connectivity index (χ0n) is 11.3. The normalized spacial score (nSPS) is 11.1. The van der Waals surface area contributed by atoms with Gasteiger partial charge in [0.2, 0.25) is 0 Å². The number of rotatable bonds is 4. The summed E-state index contributed by atoms with van der Waals surface area (Å²) >= 11 is 22.6. The first-order chi connectivity index (χ1) is 10.8. The zero-order valence-corrected chi connectivity index (χ0v) is 15.2. The van der Waals surface area contributed by atoms with Crippen LogP contribution in [0.15, 0.2) is 47.4 Å². The van der Waals surface area contributed by atoms with Crippen molar-refractivity contribution in [3.8, 4) is 0 Å². The molecule has 0 spiro atoms. The first-order valence-corrected chi connectivity index (χ1v) is 9.10. The maximum atomic E-state index is 12.1. The van der Waals surface area contributed by atoms with Gasteiger partial charge in [-0.3, -0.25) is 5.43 Å². The molecule has 2 aromatic rings. The molecule has 10 heteroatoms. The molecular weight excluding hydrogens is 401 g/mol. The van der Waals surface area contributed by atoms with Crippen molar-refractivity contribution >= 4 is 67.8 Å². The average molecular weight is 411 g/mol. The highest BCUT2D eigenvalue weighted by atomic mass is 35.5. The number of benzene rings is 2. The van der Waals surface area contributed by atoms with E-state index in [1.165, 1.54) is 24.3 Å². The minimum atomic E-state index is -3.79. The van der Waals surface area contributed by atoms with Gasteiger partial charge in [0, 0.05) is 10.0 Å². The molecule has 0 bridgehead atoms. The average Bonchev–Trinajstić information content (AvgIpc) is 2.49. The van der Waals surface area contributed by atoms with Gasteiger partial charge in [-0.25, -0.2) is 8.42 Å². The summed E-state index contributed by atoms with van der Waals surface area (Å²) in [5.74, 6) is 0. The van der Waals surface area contributed by atoms with Crippen molar-refractivity contribution in [3.63, 3.8) is 0 Å². The first-order valence-electron chi connectivity index (χ1n) is 6.07. The molecule has 0 aliphatic carbocycles. The lowest BCUT2D eigenvalue weighted by Gasteiger charge is -2.13. The summed E-state index contributed by atoms with van der Waals surface area (Å²) in [6.45, 7) is 0. The fourth-order valence-electron chi connectivity index (χ4n) is 1.53. The molecule has 0 unspecified atom stereocenters. The molecule has 0 atom stereocenters. The number of anilines is 1. The second-order valence-electron chi connectivity index (χ2n) is 4.26. The van der Waals surface area contributed by atoms with Crippen LogP contribution in [0, 0.1) is 0 Å². The van der Waals surface area contributed by atoms with Gasteiger partial charge in [0.05, 0.1) is 15.6 Å². The summed E-state index contributed by atoms with van der Waals surface area (Å²) in [6.07, 6.45) is 0. The first kappa shape index (κ1) is 18.3. The van der Waals surface area contributed by atoms with E-state index in [0.717, 1.165) is 0 Å². The van der Waals surface area contributed by atoms with Crippen molar-refractivity contribution in [1.29, 1.82) is 0 Å². The minimum absolute atomic E-state index is 0.00621. The fourth-order valence-corrected chi connectivity index (χ4v) is 3.07. The van der Waals surface area contributed by atoms with Gasteiger partial charge in [-0.1, -0.05) is 34.8 Å². The Balaban J connectivity index is 2.01. The summed E-state index contributed by atoms with van der Waals surface area (Å²) in [4.78, 5) is 2.19. The molecule has 122 valence electrons. The highest BCUT2D eigenvalue weighted by molar-refractivity contribution is 7.89. The number of hydrazine groups is 1. The van der Waals surface area contributed by atoms with E-state index in [9.17, 15) is 8.42 Å². The molecule has 5 nitrogen and oxygen atoms in total. The van der Waals surface area contributed by atoms with Gasteiger partial charge in [0.1, 0.15) is 0 Å². The van der Waals surface area contributed by atoms with Gasteiger partial charge in [0.15, 0.2) is 5.11 Å². The topological polar surface area (TPSA) is 70.2 Å². The number of nitrogens with one attached hydrogen (secondary N) is 3. The maximum absolute atomic E-state index is 12.1. The molecular formula is C13H10Cl3N3O2S2. The van der Waals surface area contributed by atoms with E-state index >= 15 is 0 Å². The Hall–Kier alpha value is -1.09. The summed E-state index contributed by atoms with van der Waals surface area (Å²) in [5, 5.41) is 4.03. The third kappa shape index (κ3) is 5.20. The Kier molecular flexibility index (Phi) is 6.07. The van der Waals surface area contributed by atoms with E-state index in [1.54, 1.807) is 18.2 Å².